The molecular formula is C19H14ClFN2O4S. The summed E-state index contributed by atoms with van der Waals surface area (Å²) >= 11 is 6.87. The Morgan fingerprint density at radius 3 is 2.68 bits per heavy atom. The highest BCUT2D eigenvalue weighted by Crippen LogP contribution is 2.34. The highest BCUT2D eigenvalue weighted by molar-refractivity contribution is 8.18. The fraction of sp³-hybridized carbons (Fsp3) is 0.105. The van der Waals surface area contributed by atoms with E-state index in [0.29, 0.717) is 5.56 Å². The second kappa shape index (κ2) is 8.45. The standard InChI is InChI=1S/C19H14ClFN2O4S/c20-13-7-11(5-6-15(13)27-10-17(22)24)8-16-18(25)23(19(26)28-16)9-12-3-1-2-4-14(12)21/h1-8H,9-10H2,(H2,22,24)/b16-8-. The number of nitrogens with zero attached hydrogens (tertiary/aromatic N) is 1. The molecule has 3 amide bonds. The zero-order valence-corrected chi connectivity index (χ0v) is 15.9. The van der Waals surface area contributed by atoms with Crippen molar-refractivity contribution in [3.8, 4) is 5.75 Å². The van der Waals surface area contributed by atoms with Crippen LogP contribution in [0, 0.1) is 5.82 Å². The van der Waals surface area contributed by atoms with Gasteiger partial charge in [0.1, 0.15) is 11.6 Å². The molecule has 0 unspecified atom stereocenters. The molecule has 0 spiro atoms. The lowest BCUT2D eigenvalue weighted by molar-refractivity contribution is -0.123. The Balaban J connectivity index is 1.77. The van der Waals surface area contributed by atoms with Crippen LogP contribution in [-0.4, -0.2) is 28.6 Å². The average molecular weight is 421 g/mol. The molecule has 0 atom stereocenters. The summed E-state index contributed by atoms with van der Waals surface area (Å²) in [5, 5.41) is -0.257. The minimum atomic E-state index is -0.635. The Kier molecular flexibility index (Phi) is 6.01. The van der Waals surface area contributed by atoms with Gasteiger partial charge >= 0.3 is 0 Å². The second-order valence-corrected chi connectivity index (χ2v) is 7.20. The number of hydrogen-bond donors (Lipinski definition) is 1. The number of thioether (sulfide) groups is 1. The largest absolute Gasteiger partial charge is 0.482 e. The van der Waals surface area contributed by atoms with Gasteiger partial charge < -0.3 is 10.5 Å². The topological polar surface area (TPSA) is 89.7 Å². The van der Waals surface area contributed by atoms with E-state index in [0.717, 1.165) is 16.7 Å². The molecule has 0 radical (unpaired) electrons. The third-order valence-electron chi connectivity index (χ3n) is 3.78. The highest BCUT2D eigenvalue weighted by Gasteiger charge is 2.35. The summed E-state index contributed by atoms with van der Waals surface area (Å²) in [5.74, 6) is -1.36. The first-order valence-corrected chi connectivity index (χ1v) is 9.24. The van der Waals surface area contributed by atoms with Crippen LogP contribution in [0.15, 0.2) is 47.4 Å². The molecule has 0 aromatic heterocycles. The fourth-order valence-corrected chi connectivity index (χ4v) is 3.54. The monoisotopic (exact) mass is 420 g/mol. The van der Waals surface area contributed by atoms with Crippen LogP contribution in [0.4, 0.5) is 9.18 Å². The van der Waals surface area contributed by atoms with Crippen LogP contribution in [0.5, 0.6) is 5.75 Å². The molecule has 1 aliphatic heterocycles. The summed E-state index contributed by atoms with van der Waals surface area (Å²) in [6, 6.07) is 10.6. The van der Waals surface area contributed by atoms with Crippen molar-refractivity contribution in [1.29, 1.82) is 0 Å². The number of amides is 3. The Morgan fingerprint density at radius 1 is 1.25 bits per heavy atom. The van der Waals surface area contributed by atoms with Gasteiger partial charge in [-0.25, -0.2) is 4.39 Å². The van der Waals surface area contributed by atoms with Gasteiger partial charge in [-0.05, 0) is 41.6 Å². The summed E-state index contributed by atoms with van der Waals surface area (Å²) in [6.07, 6.45) is 1.51. The number of carbonyl (C=O) groups is 3. The highest BCUT2D eigenvalue weighted by atomic mass is 35.5. The number of benzene rings is 2. The third kappa shape index (κ3) is 4.52. The summed E-state index contributed by atoms with van der Waals surface area (Å²) in [5.41, 5.74) is 5.84. The maximum atomic E-state index is 13.8. The smallest absolute Gasteiger partial charge is 0.293 e. The molecule has 2 N–H and O–H groups in total. The molecule has 0 bridgehead atoms. The van der Waals surface area contributed by atoms with E-state index < -0.39 is 22.9 Å². The van der Waals surface area contributed by atoms with Gasteiger partial charge in [-0.2, -0.15) is 0 Å². The number of halogens is 2. The van der Waals surface area contributed by atoms with Gasteiger partial charge in [0.25, 0.3) is 17.1 Å². The van der Waals surface area contributed by atoms with Gasteiger partial charge in [-0.3, -0.25) is 19.3 Å². The summed E-state index contributed by atoms with van der Waals surface area (Å²) in [4.78, 5) is 36.7. The van der Waals surface area contributed by atoms with Crippen LogP contribution in [0.1, 0.15) is 11.1 Å². The Labute approximate surface area is 169 Å². The summed E-state index contributed by atoms with van der Waals surface area (Å²) in [6.45, 7) is -0.455. The maximum absolute atomic E-state index is 13.8. The van der Waals surface area contributed by atoms with Crippen LogP contribution < -0.4 is 10.5 Å². The van der Waals surface area contributed by atoms with Crippen LogP contribution in [0.2, 0.25) is 5.02 Å². The molecule has 144 valence electrons. The normalized spacial score (nSPS) is 15.4. The predicted octanol–water partition coefficient (Wildman–Crippen LogP) is 3.58. The van der Waals surface area contributed by atoms with Crippen LogP contribution in [0.3, 0.4) is 0 Å². The summed E-state index contributed by atoms with van der Waals surface area (Å²) in [7, 11) is 0. The molecule has 1 saturated heterocycles. The molecule has 6 nitrogen and oxygen atoms in total. The average Bonchev–Trinajstić information content (AvgIpc) is 2.90. The van der Waals surface area contributed by atoms with Gasteiger partial charge in [0.15, 0.2) is 6.61 Å². The van der Waals surface area contributed by atoms with Crippen molar-refractivity contribution < 1.29 is 23.5 Å². The van der Waals surface area contributed by atoms with E-state index in [4.69, 9.17) is 22.1 Å². The number of nitrogens with two attached hydrogens (primary N) is 1. The van der Waals surface area contributed by atoms with Gasteiger partial charge in [0, 0.05) is 5.56 Å². The van der Waals surface area contributed by atoms with Crippen LogP contribution >= 0.6 is 23.4 Å². The van der Waals surface area contributed by atoms with E-state index in [1.807, 2.05) is 0 Å². The molecule has 1 aliphatic rings. The van der Waals surface area contributed by atoms with E-state index >= 15 is 0 Å². The lowest BCUT2D eigenvalue weighted by atomic mass is 10.2. The lowest BCUT2D eigenvalue weighted by Crippen LogP contribution is -2.27. The van der Waals surface area contributed by atoms with E-state index in [-0.39, 0.29) is 34.4 Å². The van der Waals surface area contributed by atoms with Crippen LogP contribution in [-0.2, 0) is 16.1 Å². The van der Waals surface area contributed by atoms with E-state index in [9.17, 15) is 18.8 Å². The van der Waals surface area contributed by atoms with Gasteiger partial charge in [-0.15, -0.1) is 0 Å². The summed E-state index contributed by atoms with van der Waals surface area (Å²) < 4.78 is 19.0. The molecule has 0 saturated carbocycles. The minimum absolute atomic E-state index is 0.144. The number of imide groups is 1. The van der Waals surface area contributed by atoms with Gasteiger partial charge in [0.2, 0.25) is 0 Å². The molecule has 1 fully saturated rings. The van der Waals surface area contributed by atoms with Crippen molar-refractivity contribution in [3.05, 3.63) is 69.3 Å². The Hall–Kier alpha value is -2.84. The zero-order chi connectivity index (χ0) is 20.3. The molecule has 28 heavy (non-hydrogen) atoms. The van der Waals surface area contributed by atoms with Crippen molar-refractivity contribution >= 4 is 46.5 Å². The Morgan fingerprint density at radius 2 is 2.00 bits per heavy atom. The van der Waals surface area contributed by atoms with E-state index in [1.54, 1.807) is 12.1 Å². The SMILES string of the molecule is NC(=O)COc1ccc(/C=C2\SC(=O)N(Cc3ccccc3F)C2=O)cc1Cl. The number of rotatable bonds is 6. The van der Waals surface area contributed by atoms with Crippen molar-refractivity contribution in [2.75, 3.05) is 6.61 Å². The quantitative estimate of drug-likeness (QED) is 0.721. The lowest BCUT2D eigenvalue weighted by Gasteiger charge is -2.12. The van der Waals surface area contributed by atoms with Crippen molar-refractivity contribution in [2.24, 2.45) is 5.73 Å². The number of hydrogen-bond acceptors (Lipinski definition) is 5. The first-order chi connectivity index (χ1) is 13.3. The Bertz CT molecular complexity index is 996. The molecule has 0 aliphatic carbocycles. The maximum Gasteiger partial charge on any atom is 0.293 e. The van der Waals surface area contributed by atoms with E-state index in [2.05, 4.69) is 0 Å². The minimum Gasteiger partial charge on any atom is -0.482 e. The van der Waals surface area contributed by atoms with Gasteiger partial charge in [-0.1, -0.05) is 35.9 Å². The molecule has 1 heterocycles. The third-order valence-corrected chi connectivity index (χ3v) is 4.99. The second-order valence-electron chi connectivity index (χ2n) is 5.80. The first-order valence-electron chi connectivity index (χ1n) is 8.04. The number of ether oxygens (including phenoxy) is 1. The number of carbonyl (C=O) groups excluding carboxylic acids is 3. The number of primary amides is 1. The van der Waals surface area contributed by atoms with Crippen molar-refractivity contribution in [3.63, 3.8) is 0 Å². The zero-order valence-electron chi connectivity index (χ0n) is 14.4. The van der Waals surface area contributed by atoms with Gasteiger partial charge in [0.05, 0.1) is 16.5 Å². The van der Waals surface area contributed by atoms with Crippen molar-refractivity contribution in [2.45, 2.75) is 6.54 Å². The molecular weight excluding hydrogens is 407 g/mol. The molecule has 9 heteroatoms. The fourth-order valence-electron chi connectivity index (χ4n) is 2.46. The molecule has 2 aromatic rings. The van der Waals surface area contributed by atoms with Crippen LogP contribution in [0.25, 0.3) is 6.08 Å². The first kappa shape index (κ1) is 19.9. The molecule has 3 rings (SSSR count). The van der Waals surface area contributed by atoms with Crippen molar-refractivity contribution in [1.82, 2.24) is 4.90 Å². The molecule has 2 aromatic carbocycles. The predicted molar refractivity (Wildman–Crippen MR) is 104 cm³/mol. The van der Waals surface area contributed by atoms with E-state index in [1.165, 1.54) is 36.4 Å².